The molecule has 2 aromatic carbocycles. The molecule has 0 fully saturated rings. The Morgan fingerprint density at radius 1 is 1.12 bits per heavy atom. The van der Waals surface area contributed by atoms with Gasteiger partial charge in [-0.1, -0.05) is 29.3 Å². The van der Waals surface area contributed by atoms with Crippen molar-refractivity contribution in [1.29, 1.82) is 0 Å². The molecule has 0 radical (unpaired) electrons. The Bertz CT molecular complexity index is 1300. The first-order valence-electron chi connectivity index (χ1n) is 10.6. The van der Waals surface area contributed by atoms with Crippen molar-refractivity contribution in [1.82, 2.24) is 10.3 Å². The molecule has 0 bridgehead atoms. The van der Waals surface area contributed by atoms with Crippen LogP contribution in [0.1, 0.15) is 45.7 Å². The smallest absolute Gasteiger partial charge is 0.258 e. The first kappa shape index (κ1) is 23.8. The summed E-state index contributed by atoms with van der Waals surface area (Å²) in [4.78, 5) is 29.4. The molecule has 1 aliphatic heterocycles. The van der Waals surface area contributed by atoms with Gasteiger partial charge in [0.25, 0.3) is 5.91 Å². The fourth-order valence-corrected chi connectivity index (χ4v) is 4.21. The second kappa shape index (κ2) is 9.49. The lowest BCUT2D eigenvalue weighted by Gasteiger charge is -2.35. The minimum atomic E-state index is -0.444. The third-order valence-corrected chi connectivity index (χ3v) is 5.97. The summed E-state index contributed by atoms with van der Waals surface area (Å²) in [6.07, 6.45) is 3.80. The molecular formula is C26H23Cl2N3O3. The number of amides is 1. The van der Waals surface area contributed by atoms with Crippen LogP contribution < -0.4 is 15.4 Å². The Morgan fingerprint density at radius 2 is 1.85 bits per heavy atom. The van der Waals surface area contributed by atoms with Gasteiger partial charge in [-0.05, 0) is 68.3 Å². The van der Waals surface area contributed by atoms with E-state index in [1.807, 2.05) is 18.2 Å². The summed E-state index contributed by atoms with van der Waals surface area (Å²) in [5.41, 5.74) is 3.81. The fraction of sp³-hybridized carbons (Fsp3) is 0.192. The highest BCUT2D eigenvalue weighted by atomic mass is 35.5. The summed E-state index contributed by atoms with van der Waals surface area (Å²) in [7, 11) is 1.62. The molecule has 2 N–H and O–H groups in total. The highest BCUT2D eigenvalue weighted by Crippen LogP contribution is 2.32. The maximum atomic E-state index is 13.0. The molecule has 4 rings (SSSR count). The van der Waals surface area contributed by atoms with E-state index >= 15 is 0 Å². The quantitative estimate of drug-likeness (QED) is 0.265. The summed E-state index contributed by atoms with van der Waals surface area (Å²) >= 11 is 11.9. The summed E-state index contributed by atoms with van der Waals surface area (Å²) in [6, 6.07) is 14.0. The number of hydrogen-bond acceptors (Lipinski definition) is 5. The van der Waals surface area contributed by atoms with Crippen LogP contribution in [0.25, 0.3) is 5.70 Å². The molecule has 1 aromatic heterocycles. The third kappa shape index (κ3) is 5.24. The molecular weight excluding hydrogens is 473 g/mol. The Balaban J connectivity index is 1.55. The number of allylic oxidation sites excluding steroid dienone is 1. The van der Waals surface area contributed by atoms with Gasteiger partial charge in [-0.2, -0.15) is 0 Å². The van der Waals surface area contributed by atoms with E-state index in [0.29, 0.717) is 16.3 Å². The van der Waals surface area contributed by atoms with Crippen molar-refractivity contribution in [2.45, 2.75) is 25.8 Å². The number of ketones is 1. The Kier molecular flexibility index (Phi) is 6.64. The average Bonchev–Trinajstić information content (AvgIpc) is 2.80. The van der Waals surface area contributed by atoms with E-state index in [1.54, 1.807) is 37.5 Å². The summed E-state index contributed by atoms with van der Waals surface area (Å²) in [6.45, 7) is 4.19. The lowest BCUT2D eigenvalue weighted by Crippen LogP contribution is -2.43. The van der Waals surface area contributed by atoms with E-state index in [-0.39, 0.29) is 22.0 Å². The minimum Gasteiger partial charge on any atom is -0.497 e. The highest BCUT2D eigenvalue weighted by Gasteiger charge is 2.28. The number of ether oxygens (including phenoxy) is 1. The van der Waals surface area contributed by atoms with Crippen LogP contribution in [0, 0.1) is 0 Å². The second-order valence-electron chi connectivity index (χ2n) is 8.65. The number of nitrogens with zero attached hydrogens (tertiary/aromatic N) is 1. The topological polar surface area (TPSA) is 80.3 Å². The number of carbonyl (C=O) groups is 2. The third-order valence-electron chi connectivity index (χ3n) is 5.47. The van der Waals surface area contributed by atoms with Crippen molar-refractivity contribution in [3.8, 4) is 5.75 Å². The van der Waals surface area contributed by atoms with Crippen LogP contribution in [0.5, 0.6) is 5.75 Å². The van der Waals surface area contributed by atoms with E-state index in [1.165, 1.54) is 12.3 Å². The zero-order valence-electron chi connectivity index (χ0n) is 18.9. The van der Waals surface area contributed by atoms with Crippen LogP contribution in [0.4, 0.5) is 5.69 Å². The van der Waals surface area contributed by atoms with Crippen LogP contribution in [-0.4, -0.2) is 29.3 Å². The number of anilines is 1. The van der Waals surface area contributed by atoms with Gasteiger partial charge in [-0.3, -0.25) is 9.59 Å². The van der Waals surface area contributed by atoms with Gasteiger partial charge >= 0.3 is 0 Å². The summed E-state index contributed by atoms with van der Waals surface area (Å²) in [5, 5.41) is 6.56. The maximum Gasteiger partial charge on any atom is 0.258 e. The van der Waals surface area contributed by atoms with Crippen molar-refractivity contribution >= 4 is 46.3 Å². The van der Waals surface area contributed by atoms with Gasteiger partial charge in [0.15, 0.2) is 5.78 Å². The molecule has 1 aliphatic rings. The minimum absolute atomic E-state index is 0.0557. The number of carbonyl (C=O) groups excluding carboxylic acids is 2. The first-order valence-corrected chi connectivity index (χ1v) is 11.3. The molecule has 8 heteroatoms. The summed E-state index contributed by atoms with van der Waals surface area (Å²) in [5.74, 6) is 0.128. The van der Waals surface area contributed by atoms with E-state index in [4.69, 9.17) is 27.9 Å². The number of pyridine rings is 1. The first-order chi connectivity index (χ1) is 16.1. The molecule has 0 saturated carbocycles. The van der Waals surface area contributed by atoms with E-state index in [2.05, 4.69) is 29.5 Å². The Hall–Kier alpha value is -3.35. The predicted octanol–water partition coefficient (Wildman–Crippen LogP) is 5.80. The number of aromatic nitrogens is 1. The molecule has 174 valence electrons. The molecule has 2 heterocycles. The number of methoxy groups -OCH3 is 1. The van der Waals surface area contributed by atoms with E-state index in [0.717, 1.165) is 29.0 Å². The van der Waals surface area contributed by atoms with Gasteiger partial charge < -0.3 is 15.4 Å². The summed E-state index contributed by atoms with van der Waals surface area (Å²) < 4.78 is 5.37. The van der Waals surface area contributed by atoms with E-state index < -0.39 is 5.91 Å². The molecule has 0 saturated heterocycles. The van der Waals surface area contributed by atoms with Crippen LogP contribution in [-0.2, 0) is 6.42 Å². The lowest BCUT2D eigenvalue weighted by atomic mass is 9.85. The van der Waals surface area contributed by atoms with Gasteiger partial charge in [0.2, 0.25) is 0 Å². The molecule has 1 amide bonds. The molecule has 0 atom stereocenters. The van der Waals surface area contributed by atoms with Gasteiger partial charge in [-0.25, -0.2) is 4.98 Å². The van der Waals surface area contributed by atoms with E-state index in [9.17, 15) is 9.59 Å². The predicted molar refractivity (Wildman–Crippen MR) is 135 cm³/mol. The largest absolute Gasteiger partial charge is 0.497 e. The SMILES string of the molecule is COc1ccc2c(c1)/C(=C/C(=O)c1ccc(NC(=O)c3cc(Cl)cnc3Cl)cc1)NC(C)(C)C2. The number of hydrogen-bond donors (Lipinski definition) is 2. The highest BCUT2D eigenvalue weighted by molar-refractivity contribution is 6.35. The lowest BCUT2D eigenvalue weighted by molar-refractivity contribution is 0.102. The zero-order valence-corrected chi connectivity index (χ0v) is 20.4. The fourth-order valence-electron chi connectivity index (χ4n) is 3.87. The molecule has 0 spiro atoms. The van der Waals surface area contributed by atoms with Crippen LogP contribution in [0.3, 0.4) is 0 Å². The normalized spacial score (nSPS) is 15.3. The van der Waals surface area contributed by atoms with Crippen LogP contribution >= 0.6 is 23.2 Å². The molecule has 34 heavy (non-hydrogen) atoms. The van der Waals surface area contributed by atoms with Crippen LogP contribution in [0.2, 0.25) is 10.2 Å². The zero-order chi connectivity index (χ0) is 24.5. The van der Waals surface area contributed by atoms with Crippen molar-refractivity contribution in [3.05, 3.63) is 93.2 Å². The van der Waals surface area contributed by atoms with Gasteiger partial charge in [-0.15, -0.1) is 0 Å². The molecule has 0 unspecified atom stereocenters. The molecule has 0 aliphatic carbocycles. The van der Waals surface area contributed by atoms with Gasteiger partial charge in [0.1, 0.15) is 10.9 Å². The van der Waals surface area contributed by atoms with Crippen molar-refractivity contribution in [2.75, 3.05) is 12.4 Å². The number of halogens is 2. The van der Waals surface area contributed by atoms with Crippen molar-refractivity contribution < 1.29 is 14.3 Å². The van der Waals surface area contributed by atoms with Gasteiger partial charge in [0.05, 0.1) is 17.7 Å². The number of benzene rings is 2. The second-order valence-corrected chi connectivity index (χ2v) is 9.45. The number of fused-ring (bicyclic) bond motifs is 1. The van der Waals surface area contributed by atoms with Crippen molar-refractivity contribution in [2.24, 2.45) is 0 Å². The Labute approximate surface area is 207 Å². The average molecular weight is 496 g/mol. The Morgan fingerprint density at radius 3 is 2.56 bits per heavy atom. The van der Waals surface area contributed by atoms with Crippen LogP contribution in [0.15, 0.2) is 60.8 Å². The molecule has 3 aromatic rings. The standard InChI is InChI=1S/C26H23Cl2N3O3/c1-26(2)13-16-6-9-19(34-3)11-20(16)22(31-26)12-23(32)15-4-7-18(8-5-15)30-25(33)21-10-17(27)14-29-24(21)28/h4-12,14,31H,13H2,1-3H3,(H,30,33)/b22-12-. The number of rotatable bonds is 5. The number of nitrogens with one attached hydrogen (secondary N) is 2. The van der Waals surface area contributed by atoms with Crippen molar-refractivity contribution in [3.63, 3.8) is 0 Å². The molecule has 6 nitrogen and oxygen atoms in total. The monoisotopic (exact) mass is 495 g/mol. The maximum absolute atomic E-state index is 13.0. The van der Waals surface area contributed by atoms with Gasteiger partial charge in [0, 0.05) is 40.3 Å².